The molecule has 4 heteroatoms. The molecule has 0 aromatic carbocycles. The van der Waals surface area contributed by atoms with Gasteiger partial charge in [0.2, 0.25) is 0 Å². The summed E-state index contributed by atoms with van der Waals surface area (Å²) in [6.07, 6.45) is 0. The van der Waals surface area contributed by atoms with Crippen molar-refractivity contribution in [3.63, 3.8) is 0 Å². The van der Waals surface area contributed by atoms with Crippen LogP contribution in [0, 0.1) is 4.91 Å². The van der Waals surface area contributed by atoms with E-state index in [2.05, 4.69) is 19.6 Å². The van der Waals surface area contributed by atoms with Crippen molar-refractivity contribution in [2.45, 2.75) is 19.6 Å². The Morgan fingerprint density at radius 3 is 1.43 bits per heavy atom. The fourth-order valence-electron chi connectivity index (χ4n) is 0. The van der Waals surface area contributed by atoms with Gasteiger partial charge in [0.25, 0.3) is 0 Å². The van der Waals surface area contributed by atoms with Crippen molar-refractivity contribution in [2.75, 3.05) is 0 Å². The Morgan fingerprint density at radius 2 is 1.43 bits per heavy atom. The third kappa shape index (κ3) is 501. The standard InChI is InChI=1S/C3H9Si.HNO2/c1-4(2)3;2-1-3/h1-3H3;(H,2,3). The Bertz CT molecular complexity index is 37.2. The van der Waals surface area contributed by atoms with Crippen LogP contribution in [-0.2, 0) is 0 Å². The molecule has 7 heavy (non-hydrogen) atoms. The second-order valence-electron chi connectivity index (χ2n) is 1.58. The lowest BCUT2D eigenvalue weighted by Gasteiger charge is -1.75. The van der Waals surface area contributed by atoms with E-state index in [-0.39, 0.29) is 8.80 Å². The van der Waals surface area contributed by atoms with Crippen LogP contribution in [0.5, 0.6) is 0 Å². The molecule has 0 saturated heterocycles. The Morgan fingerprint density at radius 1 is 1.43 bits per heavy atom. The molecule has 43 valence electrons. The summed E-state index contributed by atoms with van der Waals surface area (Å²) in [5.41, 5.74) is 0. The molecular formula is C3H10NO2Si. The van der Waals surface area contributed by atoms with Crippen molar-refractivity contribution >= 4 is 8.80 Å². The zero-order valence-electron chi connectivity index (χ0n) is 4.80. The number of rotatable bonds is 0. The summed E-state index contributed by atoms with van der Waals surface area (Å²) in [5, 5.41) is 7.89. The topological polar surface area (TPSA) is 49.7 Å². The largest absolute Gasteiger partial charge is 0.379 e. The molecule has 0 unspecified atom stereocenters. The maximum atomic E-state index is 8.11. The predicted octanol–water partition coefficient (Wildman–Crippen LogP) is 1.51. The highest BCUT2D eigenvalue weighted by Crippen LogP contribution is 1.68. The zero-order chi connectivity index (χ0) is 6.28. The maximum Gasteiger partial charge on any atom is 0.152 e. The van der Waals surface area contributed by atoms with Gasteiger partial charge in [-0.3, -0.25) is 0 Å². The molecule has 3 nitrogen and oxygen atoms in total. The summed E-state index contributed by atoms with van der Waals surface area (Å²) in [4.78, 5) is 8.11. The Balaban J connectivity index is 0. The summed E-state index contributed by atoms with van der Waals surface area (Å²) >= 11 is 0. The average molecular weight is 120 g/mol. The van der Waals surface area contributed by atoms with Gasteiger partial charge in [0, 0.05) is 8.80 Å². The molecule has 1 radical (unpaired) electrons. The SMILES string of the molecule is C[Si](C)C.O=NO. The van der Waals surface area contributed by atoms with E-state index in [0.717, 1.165) is 0 Å². The molecule has 1 N–H and O–H groups in total. The van der Waals surface area contributed by atoms with Gasteiger partial charge in [0.05, 0.1) is 0 Å². The third-order valence-corrected chi connectivity index (χ3v) is 0. The second-order valence-corrected chi connectivity index (χ2v) is 4.58. The first-order valence-corrected chi connectivity index (χ1v) is 4.88. The zero-order valence-corrected chi connectivity index (χ0v) is 5.80. The van der Waals surface area contributed by atoms with Crippen LogP contribution in [0.3, 0.4) is 0 Å². The van der Waals surface area contributed by atoms with Crippen molar-refractivity contribution in [1.29, 1.82) is 0 Å². The van der Waals surface area contributed by atoms with Crippen molar-refractivity contribution < 1.29 is 5.21 Å². The van der Waals surface area contributed by atoms with Gasteiger partial charge in [-0.1, -0.05) is 19.6 Å². The van der Waals surface area contributed by atoms with Gasteiger partial charge in [-0.25, -0.2) is 0 Å². The first kappa shape index (κ1) is 9.79. The molecule has 0 amide bonds. The van der Waals surface area contributed by atoms with E-state index in [1.165, 1.54) is 5.34 Å². The lowest BCUT2D eigenvalue weighted by molar-refractivity contribution is 0.312. The summed E-state index contributed by atoms with van der Waals surface area (Å²) in [5.74, 6) is 0. The minimum Gasteiger partial charge on any atom is -0.379 e. The van der Waals surface area contributed by atoms with Crippen LogP contribution in [0.2, 0.25) is 19.6 Å². The molecule has 0 bridgehead atoms. The van der Waals surface area contributed by atoms with Gasteiger partial charge < -0.3 is 5.21 Å². The fraction of sp³-hybridized carbons (Fsp3) is 1.00. The predicted molar refractivity (Wildman–Crippen MR) is 30.9 cm³/mol. The molecule has 0 aliphatic rings. The highest BCUT2D eigenvalue weighted by molar-refractivity contribution is 6.54. The van der Waals surface area contributed by atoms with E-state index in [0.29, 0.717) is 0 Å². The van der Waals surface area contributed by atoms with Gasteiger partial charge in [0.1, 0.15) is 0 Å². The van der Waals surface area contributed by atoms with Gasteiger partial charge in [-0.15, -0.1) is 4.91 Å². The molecule has 0 atom stereocenters. The van der Waals surface area contributed by atoms with E-state index in [4.69, 9.17) is 10.1 Å². The van der Waals surface area contributed by atoms with Crippen LogP contribution in [0.4, 0.5) is 0 Å². The van der Waals surface area contributed by atoms with Crippen molar-refractivity contribution in [3.8, 4) is 0 Å². The van der Waals surface area contributed by atoms with Gasteiger partial charge in [-0.05, 0) is 0 Å². The van der Waals surface area contributed by atoms with Crippen molar-refractivity contribution in [1.82, 2.24) is 0 Å². The molecule has 0 aromatic heterocycles. The molecule has 0 fully saturated rings. The highest BCUT2D eigenvalue weighted by atomic mass is 28.3. The van der Waals surface area contributed by atoms with E-state index in [1.54, 1.807) is 0 Å². The van der Waals surface area contributed by atoms with Crippen LogP contribution >= 0.6 is 0 Å². The van der Waals surface area contributed by atoms with Crippen molar-refractivity contribution in [3.05, 3.63) is 4.91 Å². The lowest BCUT2D eigenvalue weighted by Crippen LogP contribution is -1.84. The quantitative estimate of drug-likeness (QED) is 0.299. The first-order chi connectivity index (χ1) is 3.15. The van der Waals surface area contributed by atoms with Gasteiger partial charge >= 0.3 is 0 Å². The average Bonchev–Trinajstić information content (AvgIpc) is 1.33. The molecule has 0 aliphatic heterocycles. The molecule has 0 aliphatic carbocycles. The number of hydrogen-bond acceptors (Lipinski definition) is 2. The first-order valence-electron chi connectivity index (χ1n) is 1.88. The Kier molecular flexibility index (Phi) is 12.8. The minimum absolute atomic E-state index is 0.120. The fourth-order valence-corrected chi connectivity index (χ4v) is 0. The van der Waals surface area contributed by atoms with Crippen LogP contribution in [0.25, 0.3) is 0 Å². The summed E-state index contributed by atoms with van der Waals surface area (Å²) < 4.78 is 0. The van der Waals surface area contributed by atoms with Gasteiger partial charge in [0.15, 0.2) is 5.34 Å². The summed E-state index contributed by atoms with van der Waals surface area (Å²) in [6, 6.07) is 0. The van der Waals surface area contributed by atoms with Crippen LogP contribution in [0.15, 0.2) is 5.34 Å². The van der Waals surface area contributed by atoms with Crippen molar-refractivity contribution in [2.24, 2.45) is 5.34 Å². The Hall–Kier alpha value is -0.383. The summed E-state index contributed by atoms with van der Waals surface area (Å²) in [6.45, 7) is 6.81. The van der Waals surface area contributed by atoms with E-state index >= 15 is 0 Å². The van der Waals surface area contributed by atoms with E-state index in [1.807, 2.05) is 0 Å². The van der Waals surface area contributed by atoms with E-state index < -0.39 is 0 Å². The second kappa shape index (κ2) is 9.15. The lowest BCUT2D eigenvalue weighted by atomic mass is 11.8. The molecular weight excluding hydrogens is 110 g/mol. The Labute approximate surface area is 44.9 Å². The van der Waals surface area contributed by atoms with Gasteiger partial charge in [-0.2, -0.15) is 0 Å². The minimum atomic E-state index is 0.120. The normalized spacial score (nSPS) is 6.86. The van der Waals surface area contributed by atoms with Crippen LogP contribution in [-0.4, -0.2) is 14.0 Å². The van der Waals surface area contributed by atoms with E-state index in [9.17, 15) is 0 Å². The highest BCUT2D eigenvalue weighted by Gasteiger charge is 1.72. The van der Waals surface area contributed by atoms with Crippen LogP contribution < -0.4 is 0 Å². The monoisotopic (exact) mass is 120 g/mol. The molecule has 0 rings (SSSR count). The number of nitrogens with zero attached hydrogens (tertiary/aromatic N) is 1. The number of hydrogen-bond donors (Lipinski definition) is 1. The van der Waals surface area contributed by atoms with Crippen LogP contribution in [0.1, 0.15) is 0 Å². The molecule has 0 heterocycles. The maximum absolute atomic E-state index is 8.11. The molecule has 0 saturated carbocycles. The molecule has 0 aromatic rings. The molecule has 0 spiro atoms. The smallest absolute Gasteiger partial charge is 0.152 e. The summed E-state index contributed by atoms with van der Waals surface area (Å²) in [7, 11) is 0.120. The third-order valence-electron chi connectivity index (χ3n) is 0.